The first-order valence-electron chi connectivity index (χ1n) is 8.59. The van der Waals surface area contributed by atoms with Crippen LogP contribution in [0.3, 0.4) is 0 Å². The van der Waals surface area contributed by atoms with E-state index in [0.29, 0.717) is 26.3 Å². The van der Waals surface area contributed by atoms with Crippen molar-refractivity contribution in [3.8, 4) is 0 Å². The molecule has 1 aromatic rings. The monoisotopic (exact) mass is 320 g/mol. The molecule has 0 aromatic carbocycles. The molecule has 0 spiro atoms. The lowest BCUT2D eigenvalue weighted by atomic mass is 10.0. The summed E-state index contributed by atoms with van der Waals surface area (Å²) in [5, 5.41) is 13.9. The molecule has 0 radical (unpaired) electrons. The van der Waals surface area contributed by atoms with Gasteiger partial charge in [0, 0.05) is 70.7 Å². The van der Waals surface area contributed by atoms with Crippen LogP contribution in [0.25, 0.3) is 0 Å². The van der Waals surface area contributed by atoms with Crippen molar-refractivity contribution in [1.82, 2.24) is 20.1 Å². The van der Waals surface area contributed by atoms with Gasteiger partial charge in [0.15, 0.2) is 0 Å². The molecule has 0 amide bonds. The van der Waals surface area contributed by atoms with Crippen molar-refractivity contribution < 1.29 is 9.84 Å². The molecule has 0 aliphatic carbocycles. The average Bonchev–Trinajstić information content (AvgIpc) is 2.80. The Labute approximate surface area is 138 Å². The van der Waals surface area contributed by atoms with E-state index in [9.17, 15) is 5.11 Å². The highest BCUT2D eigenvalue weighted by Gasteiger charge is 2.32. The van der Waals surface area contributed by atoms with E-state index < -0.39 is 5.60 Å². The molecule has 1 atom stereocenters. The number of aromatic nitrogens is 1. The summed E-state index contributed by atoms with van der Waals surface area (Å²) in [6.45, 7) is 8.41. The van der Waals surface area contributed by atoms with Gasteiger partial charge in [0.2, 0.25) is 0 Å². The maximum absolute atomic E-state index is 10.7. The van der Waals surface area contributed by atoms with E-state index in [2.05, 4.69) is 26.2 Å². The van der Waals surface area contributed by atoms with E-state index in [0.717, 1.165) is 51.4 Å². The number of nitrogens with zero attached hydrogens (tertiary/aromatic N) is 3. The summed E-state index contributed by atoms with van der Waals surface area (Å²) in [7, 11) is 0. The van der Waals surface area contributed by atoms with Gasteiger partial charge in [0.25, 0.3) is 0 Å². The van der Waals surface area contributed by atoms with Crippen LogP contribution in [0.4, 0.5) is 0 Å². The first-order valence-corrected chi connectivity index (χ1v) is 8.59. The quantitative estimate of drug-likeness (QED) is 0.769. The molecule has 2 aliphatic heterocycles. The number of hydrogen-bond acceptors (Lipinski definition) is 6. The summed E-state index contributed by atoms with van der Waals surface area (Å²) in [6.07, 6.45) is 2.86. The Morgan fingerprint density at radius 2 is 2.04 bits per heavy atom. The van der Waals surface area contributed by atoms with Crippen LogP contribution >= 0.6 is 0 Å². The van der Waals surface area contributed by atoms with Gasteiger partial charge in [-0.25, -0.2) is 0 Å². The van der Waals surface area contributed by atoms with Crippen LogP contribution in [0.15, 0.2) is 24.4 Å². The lowest BCUT2D eigenvalue weighted by molar-refractivity contribution is -0.0550. The third-order valence-electron chi connectivity index (χ3n) is 4.64. The van der Waals surface area contributed by atoms with Gasteiger partial charge in [-0.2, -0.15) is 0 Å². The Morgan fingerprint density at radius 3 is 2.83 bits per heavy atom. The number of rotatable bonds is 5. The molecule has 2 fully saturated rings. The molecule has 2 aliphatic rings. The highest BCUT2D eigenvalue weighted by atomic mass is 16.5. The lowest BCUT2D eigenvalue weighted by Crippen LogP contribution is -2.56. The Morgan fingerprint density at radius 1 is 1.22 bits per heavy atom. The maximum atomic E-state index is 10.7. The zero-order valence-electron chi connectivity index (χ0n) is 13.8. The topological polar surface area (TPSA) is 60.9 Å². The second-order valence-corrected chi connectivity index (χ2v) is 6.64. The van der Waals surface area contributed by atoms with Crippen LogP contribution in [0.5, 0.6) is 0 Å². The molecule has 6 heteroatoms. The molecule has 3 rings (SSSR count). The van der Waals surface area contributed by atoms with Gasteiger partial charge in [-0.1, -0.05) is 6.07 Å². The molecule has 3 heterocycles. The minimum Gasteiger partial charge on any atom is -0.385 e. The third kappa shape index (κ3) is 5.22. The van der Waals surface area contributed by atoms with Gasteiger partial charge in [-0.3, -0.25) is 9.88 Å². The zero-order valence-corrected chi connectivity index (χ0v) is 13.8. The van der Waals surface area contributed by atoms with E-state index in [4.69, 9.17) is 4.74 Å². The van der Waals surface area contributed by atoms with Gasteiger partial charge < -0.3 is 20.1 Å². The van der Waals surface area contributed by atoms with Crippen molar-refractivity contribution >= 4 is 0 Å². The molecule has 0 saturated carbocycles. The van der Waals surface area contributed by atoms with Crippen LogP contribution < -0.4 is 5.32 Å². The van der Waals surface area contributed by atoms with E-state index in [1.54, 1.807) is 0 Å². The summed E-state index contributed by atoms with van der Waals surface area (Å²) in [5.74, 6) is 0. The van der Waals surface area contributed by atoms with Crippen molar-refractivity contribution in [3.63, 3.8) is 0 Å². The molecule has 6 nitrogen and oxygen atoms in total. The van der Waals surface area contributed by atoms with Crippen molar-refractivity contribution in [1.29, 1.82) is 0 Å². The van der Waals surface area contributed by atoms with Crippen LogP contribution in [0.1, 0.15) is 5.69 Å². The van der Waals surface area contributed by atoms with Gasteiger partial charge >= 0.3 is 0 Å². The van der Waals surface area contributed by atoms with Crippen molar-refractivity contribution in [3.05, 3.63) is 30.1 Å². The predicted octanol–water partition coefficient (Wildman–Crippen LogP) is -0.407. The number of piperazine rings is 1. The minimum absolute atomic E-state index is 0.430. The van der Waals surface area contributed by atoms with E-state index >= 15 is 0 Å². The minimum atomic E-state index is -0.757. The predicted molar refractivity (Wildman–Crippen MR) is 89.5 cm³/mol. The standard InChI is InChI=1S/C17H28N4O2/c22-17(13-18-6-12-23-15-17)14-21-10-8-20(9-11-21)7-4-16-3-1-2-5-19-16/h1-3,5,18,22H,4,6-15H2/t17-/m0/s1. The molecule has 2 saturated heterocycles. The van der Waals surface area contributed by atoms with E-state index in [1.165, 1.54) is 0 Å². The van der Waals surface area contributed by atoms with E-state index in [1.807, 2.05) is 18.3 Å². The van der Waals surface area contributed by atoms with Crippen LogP contribution in [0.2, 0.25) is 0 Å². The number of pyridine rings is 1. The average molecular weight is 320 g/mol. The smallest absolute Gasteiger partial charge is 0.113 e. The second-order valence-electron chi connectivity index (χ2n) is 6.64. The molecule has 0 bridgehead atoms. The second kappa shape index (κ2) is 8.17. The SMILES string of the molecule is O[C@]1(CN2CCN(CCc3ccccn3)CC2)CNCCOC1. The summed E-state index contributed by atoms with van der Waals surface area (Å²) < 4.78 is 5.50. The van der Waals surface area contributed by atoms with Gasteiger partial charge in [0.05, 0.1) is 13.2 Å². The Bertz CT molecular complexity index is 455. The highest BCUT2D eigenvalue weighted by molar-refractivity contribution is 5.03. The summed E-state index contributed by atoms with van der Waals surface area (Å²) >= 11 is 0. The largest absolute Gasteiger partial charge is 0.385 e. The summed E-state index contributed by atoms with van der Waals surface area (Å²) in [5.41, 5.74) is 0.401. The van der Waals surface area contributed by atoms with Gasteiger partial charge in [0.1, 0.15) is 5.60 Å². The van der Waals surface area contributed by atoms with Crippen LogP contribution in [-0.4, -0.2) is 91.1 Å². The fourth-order valence-corrected chi connectivity index (χ4v) is 3.29. The van der Waals surface area contributed by atoms with Crippen LogP contribution in [0, 0.1) is 0 Å². The molecule has 1 aromatic heterocycles. The Hall–Kier alpha value is -1.05. The number of aliphatic hydroxyl groups is 1. The molecule has 23 heavy (non-hydrogen) atoms. The summed E-state index contributed by atoms with van der Waals surface area (Å²) in [6, 6.07) is 6.09. The van der Waals surface area contributed by atoms with Crippen LogP contribution in [-0.2, 0) is 11.2 Å². The van der Waals surface area contributed by atoms with Crippen molar-refractivity contribution in [2.24, 2.45) is 0 Å². The zero-order chi connectivity index (χ0) is 16.0. The Balaban J connectivity index is 1.39. The molecular formula is C17H28N4O2. The first-order chi connectivity index (χ1) is 11.2. The molecule has 0 unspecified atom stereocenters. The van der Waals surface area contributed by atoms with Gasteiger partial charge in [-0.05, 0) is 12.1 Å². The van der Waals surface area contributed by atoms with Gasteiger partial charge in [-0.15, -0.1) is 0 Å². The molecular weight excluding hydrogens is 292 g/mol. The normalized spacial score (nSPS) is 27.7. The number of ether oxygens (including phenoxy) is 1. The van der Waals surface area contributed by atoms with Crippen molar-refractivity contribution in [2.75, 3.05) is 65.6 Å². The molecule has 128 valence electrons. The molecule has 2 N–H and O–H groups in total. The van der Waals surface area contributed by atoms with E-state index in [-0.39, 0.29) is 0 Å². The van der Waals surface area contributed by atoms with Crippen molar-refractivity contribution in [2.45, 2.75) is 12.0 Å². The fourth-order valence-electron chi connectivity index (χ4n) is 3.29. The highest BCUT2D eigenvalue weighted by Crippen LogP contribution is 2.12. The fraction of sp³-hybridized carbons (Fsp3) is 0.706. The number of nitrogens with one attached hydrogen (secondary N) is 1. The number of hydrogen-bond donors (Lipinski definition) is 2. The third-order valence-corrected chi connectivity index (χ3v) is 4.64. The summed E-state index contributed by atoms with van der Waals surface area (Å²) in [4.78, 5) is 9.22. The Kier molecular flexibility index (Phi) is 5.96. The lowest BCUT2D eigenvalue weighted by Gasteiger charge is -2.39. The maximum Gasteiger partial charge on any atom is 0.113 e. The number of β-amino-alcohol motifs (C(OH)–C–C–N with tert-alkyl or cyclic N) is 1. The first kappa shape index (κ1) is 16.8.